The van der Waals surface area contributed by atoms with E-state index in [4.69, 9.17) is 5.11 Å². The molecule has 4 nitrogen and oxygen atoms in total. The highest BCUT2D eigenvalue weighted by atomic mass is 16.3. The maximum Gasteiger partial charge on any atom is 0.238 e. The van der Waals surface area contributed by atoms with E-state index >= 15 is 0 Å². The average Bonchev–Trinajstić information content (AvgIpc) is 2.57. The van der Waals surface area contributed by atoms with E-state index < -0.39 is 0 Å². The van der Waals surface area contributed by atoms with Crippen molar-refractivity contribution in [3.63, 3.8) is 0 Å². The third-order valence-electron chi connectivity index (χ3n) is 4.93. The molecular weight excluding hydrogens is 288 g/mol. The predicted molar refractivity (Wildman–Crippen MR) is 94.7 cm³/mol. The van der Waals surface area contributed by atoms with Gasteiger partial charge in [-0.2, -0.15) is 0 Å². The van der Waals surface area contributed by atoms with Crippen molar-refractivity contribution in [1.29, 1.82) is 0 Å². The molecule has 0 radical (unpaired) electrons. The summed E-state index contributed by atoms with van der Waals surface area (Å²) in [4.78, 5) is 14.5. The van der Waals surface area contributed by atoms with Crippen LogP contribution in [0.25, 0.3) is 0 Å². The first kappa shape index (κ1) is 18.0. The molecule has 2 unspecified atom stereocenters. The highest BCUT2D eigenvalue weighted by Gasteiger charge is 2.23. The number of amides is 1. The van der Waals surface area contributed by atoms with Gasteiger partial charge in [-0.25, -0.2) is 0 Å². The molecule has 1 amide bonds. The molecule has 0 spiro atoms. The van der Waals surface area contributed by atoms with Crippen molar-refractivity contribution in [2.24, 2.45) is 0 Å². The number of likely N-dealkylation sites (tertiary alicyclic amines) is 1. The highest BCUT2D eigenvalue weighted by molar-refractivity contribution is 5.92. The maximum absolute atomic E-state index is 12.3. The number of carbonyl (C=O) groups is 1. The van der Waals surface area contributed by atoms with Gasteiger partial charge >= 0.3 is 0 Å². The van der Waals surface area contributed by atoms with Crippen LogP contribution in [-0.2, 0) is 4.79 Å². The van der Waals surface area contributed by atoms with E-state index in [0.29, 0.717) is 18.5 Å². The lowest BCUT2D eigenvalue weighted by molar-refractivity contribution is -0.118. The number of nitrogens with zero attached hydrogens (tertiary/aromatic N) is 1. The number of aliphatic hydroxyl groups excluding tert-OH is 1. The van der Waals surface area contributed by atoms with Crippen LogP contribution < -0.4 is 5.32 Å². The maximum atomic E-state index is 12.3. The fourth-order valence-electron chi connectivity index (χ4n) is 3.26. The van der Waals surface area contributed by atoms with Gasteiger partial charge in [-0.05, 0) is 55.8 Å². The molecule has 1 aromatic carbocycles. The van der Waals surface area contributed by atoms with E-state index in [1.54, 1.807) is 0 Å². The summed E-state index contributed by atoms with van der Waals surface area (Å²) in [5, 5.41) is 12.2. The van der Waals surface area contributed by atoms with Crippen molar-refractivity contribution in [1.82, 2.24) is 4.90 Å². The Hall–Kier alpha value is -1.39. The van der Waals surface area contributed by atoms with Crippen molar-refractivity contribution >= 4 is 11.6 Å². The summed E-state index contributed by atoms with van der Waals surface area (Å²) in [6.07, 6.45) is 5.29. The van der Waals surface area contributed by atoms with Gasteiger partial charge in [0.15, 0.2) is 0 Å². The van der Waals surface area contributed by atoms with Crippen LogP contribution in [0, 0.1) is 0 Å². The lowest BCUT2D eigenvalue weighted by Gasteiger charge is -2.34. The second-order valence-electron chi connectivity index (χ2n) is 6.61. The number of hydrogen-bond donors (Lipinski definition) is 2. The summed E-state index contributed by atoms with van der Waals surface area (Å²) in [6, 6.07) is 8.51. The van der Waals surface area contributed by atoms with Crippen molar-refractivity contribution in [2.45, 2.75) is 57.9 Å². The number of carbonyl (C=O) groups excluding carboxylic acids is 1. The van der Waals surface area contributed by atoms with Crippen LogP contribution in [0.15, 0.2) is 24.3 Å². The minimum Gasteiger partial charge on any atom is -0.396 e. The molecule has 2 atom stereocenters. The summed E-state index contributed by atoms with van der Waals surface area (Å²) in [6.45, 7) is 5.95. The zero-order valence-corrected chi connectivity index (χ0v) is 14.4. The highest BCUT2D eigenvalue weighted by Crippen LogP contribution is 2.21. The number of hydrogen-bond acceptors (Lipinski definition) is 3. The number of benzene rings is 1. The molecule has 128 valence electrons. The third kappa shape index (κ3) is 5.33. The average molecular weight is 318 g/mol. The first-order valence-corrected chi connectivity index (χ1v) is 8.88. The zero-order valence-electron chi connectivity index (χ0n) is 14.4. The molecule has 4 heteroatoms. The van der Waals surface area contributed by atoms with Crippen LogP contribution in [0.4, 0.5) is 5.69 Å². The summed E-state index contributed by atoms with van der Waals surface area (Å²) in [7, 11) is 0. The Kier molecular flexibility index (Phi) is 7.06. The standard InChI is InChI=1S/C19H30N2O2/c1-3-15(2)16-7-9-17(10-8-16)20-19(23)14-21-12-5-4-6-18(21)11-13-22/h7-10,15,18,22H,3-6,11-14H2,1-2H3,(H,20,23). The minimum atomic E-state index is 0.0335. The third-order valence-corrected chi connectivity index (χ3v) is 4.93. The second-order valence-corrected chi connectivity index (χ2v) is 6.61. The van der Waals surface area contributed by atoms with Gasteiger partial charge in [-0.15, -0.1) is 0 Å². The molecule has 23 heavy (non-hydrogen) atoms. The van der Waals surface area contributed by atoms with E-state index in [1.165, 1.54) is 12.0 Å². The normalized spacial score (nSPS) is 20.2. The zero-order chi connectivity index (χ0) is 16.7. The molecule has 2 N–H and O–H groups in total. The molecular formula is C19H30N2O2. The van der Waals surface area contributed by atoms with Crippen LogP contribution >= 0.6 is 0 Å². The van der Waals surface area contributed by atoms with Gasteiger partial charge in [0.2, 0.25) is 5.91 Å². The van der Waals surface area contributed by atoms with E-state index in [1.807, 2.05) is 12.1 Å². The van der Waals surface area contributed by atoms with Crippen LogP contribution in [0.1, 0.15) is 57.4 Å². The molecule has 1 fully saturated rings. The summed E-state index contributed by atoms with van der Waals surface area (Å²) >= 11 is 0. The van der Waals surface area contributed by atoms with Crippen LogP contribution in [0.3, 0.4) is 0 Å². The molecule has 1 aromatic rings. The Balaban J connectivity index is 1.88. The Morgan fingerprint density at radius 3 is 2.74 bits per heavy atom. The topological polar surface area (TPSA) is 52.6 Å². The van der Waals surface area contributed by atoms with Gasteiger partial charge in [0.05, 0.1) is 6.54 Å². The quantitative estimate of drug-likeness (QED) is 0.810. The monoisotopic (exact) mass is 318 g/mol. The lowest BCUT2D eigenvalue weighted by Crippen LogP contribution is -2.44. The molecule has 1 saturated heterocycles. The van der Waals surface area contributed by atoms with Gasteiger partial charge in [-0.3, -0.25) is 9.69 Å². The first-order chi connectivity index (χ1) is 11.1. The fraction of sp³-hybridized carbons (Fsp3) is 0.632. The Labute approximate surface area is 139 Å². The van der Waals surface area contributed by atoms with Gasteiger partial charge in [0.1, 0.15) is 0 Å². The Morgan fingerprint density at radius 2 is 2.09 bits per heavy atom. The minimum absolute atomic E-state index is 0.0335. The molecule has 1 aliphatic rings. The van der Waals surface area contributed by atoms with Crippen LogP contribution in [0.2, 0.25) is 0 Å². The predicted octanol–water partition coefficient (Wildman–Crippen LogP) is 3.38. The van der Waals surface area contributed by atoms with Crippen molar-refractivity contribution in [3.05, 3.63) is 29.8 Å². The van der Waals surface area contributed by atoms with Crippen molar-refractivity contribution in [2.75, 3.05) is 25.0 Å². The van der Waals surface area contributed by atoms with E-state index in [9.17, 15) is 4.79 Å². The van der Waals surface area contributed by atoms with Gasteiger partial charge in [0, 0.05) is 18.3 Å². The van der Waals surface area contributed by atoms with Crippen LogP contribution in [-0.4, -0.2) is 41.7 Å². The van der Waals surface area contributed by atoms with E-state index in [-0.39, 0.29) is 12.5 Å². The number of anilines is 1. The number of rotatable bonds is 7. The molecule has 1 aliphatic heterocycles. The first-order valence-electron chi connectivity index (χ1n) is 8.88. The second kappa shape index (κ2) is 9.04. The van der Waals surface area contributed by atoms with Crippen LogP contribution in [0.5, 0.6) is 0 Å². The smallest absolute Gasteiger partial charge is 0.238 e. The molecule has 0 aromatic heterocycles. The fourth-order valence-corrected chi connectivity index (χ4v) is 3.26. The Bertz CT molecular complexity index is 485. The molecule has 1 heterocycles. The molecule has 2 rings (SSSR count). The number of piperidine rings is 1. The Morgan fingerprint density at radius 1 is 1.35 bits per heavy atom. The lowest BCUT2D eigenvalue weighted by atomic mass is 9.98. The van der Waals surface area contributed by atoms with Gasteiger partial charge < -0.3 is 10.4 Å². The van der Waals surface area contributed by atoms with E-state index in [2.05, 4.69) is 36.2 Å². The van der Waals surface area contributed by atoms with Gasteiger partial charge in [0.25, 0.3) is 0 Å². The number of nitrogens with one attached hydrogen (secondary N) is 1. The van der Waals surface area contributed by atoms with Gasteiger partial charge in [-0.1, -0.05) is 32.4 Å². The van der Waals surface area contributed by atoms with E-state index in [0.717, 1.165) is 37.9 Å². The SMILES string of the molecule is CCC(C)c1ccc(NC(=O)CN2CCCCC2CCO)cc1. The number of aliphatic hydroxyl groups is 1. The summed E-state index contributed by atoms with van der Waals surface area (Å²) in [5.74, 6) is 0.582. The van der Waals surface area contributed by atoms with Crippen molar-refractivity contribution in [3.8, 4) is 0 Å². The molecule has 0 aliphatic carbocycles. The largest absolute Gasteiger partial charge is 0.396 e. The summed E-state index contributed by atoms with van der Waals surface area (Å²) in [5.41, 5.74) is 2.17. The summed E-state index contributed by atoms with van der Waals surface area (Å²) < 4.78 is 0. The molecule has 0 saturated carbocycles. The van der Waals surface area contributed by atoms with Crippen molar-refractivity contribution < 1.29 is 9.90 Å². The molecule has 0 bridgehead atoms.